The number of halogens is 3. The molecule has 0 spiro atoms. The molecule has 0 aliphatic carbocycles. The number of aromatic hydroxyl groups is 1. The van der Waals surface area contributed by atoms with Gasteiger partial charge in [0, 0.05) is 23.4 Å². The van der Waals surface area contributed by atoms with Crippen LogP contribution >= 0.6 is 0 Å². The molecule has 0 radical (unpaired) electrons. The van der Waals surface area contributed by atoms with Crippen molar-refractivity contribution in [1.82, 2.24) is 14.8 Å². The van der Waals surface area contributed by atoms with Crippen LogP contribution in [0.4, 0.5) is 13.2 Å². The molecule has 13 heteroatoms. The van der Waals surface area contributed by atoms with Gasteiger partial charge in [0.05, 0.1) is 25.2 Å². The highest BCUT2D eigenvalue weighted by Gasteiger charge is 2.33. The van der Waals surface area contributed by atoms with Crippen LogP contribution in [0.1, 0.15) is 39.7 Å². The van der Waals surface area contributed by atoms with E-state index >= 15 is 0 Å². The van der Waals surface area contributed by atoms with E-state index in [2.05, 4.69) is 5.18 Å². The summed E-state index contributed by atoms with van der Waals surface area (Å²) in [5.41, 5.74) is -1.97. The summed E-state index contributed by atoms with van der Waals surface area (Å²) in [6.07, 6.45) is -4.55. The molecule has 1 aromatic carbocycles. The van der Waals surface area contributed by atoms with Crippen molar-refractivity contribution < 1.29 is 32.7 Å². The van der Waals surface area contributed by atoms with Gasteiger partial charge in [-0.25, -0.2) is 0 Å². The van der Waals surface area contributed by atoms with Gasteiger partial charge in [-0.3, -0.25) is 19.2 Å². The van der Waals surface area contributed by atoms with Crippen molar-refractivity contribution in [3.05, 3.63) is 67.5 Å². The van der Waals surface area contributed by atoms with Gasteiger partial charge in [0.25, 0.3) is 11.5 Å². The summed E-state index contributed by atoms with van der Waals surface area (Å²) >= 11 is 0. The lowest BCUT2D eigenvalue weighted by Crippen LogP contribution is -2.37. The third-order valence-corrected chi connectivity index (χ3v) is 5.14. The molecule has 174 valence electrons. The van der Waals surface area contributed by atoms with Gasteiger partial charge in [-0.2, -0.15) is 13.2 Å². The summed E-state index contributed by atoms with van der Waals surface area (Å²) in [5, 5.41) is 14.7. The molecule has 1 aromatic heterocycles. The number of nitroso groups, excluding NO2 is 1. The fraction of sp³-hybridized carbons (Fsp3) is 0.300. The second-order valence-electron chi connectivity index (χ2n) is 7.28. The number of rotatable bonds is 5. The van der Waals surface area contributed by atoms with E-state index in [0.29, 0.717) is 5.56 Å². The molecule has 1 aliphatic heterocycles. The predicted octanol–water partition coefficient (Wildman–Crippen LogP) is 1.51. The minimum absolute atomic E-state index is 0.0659. The Bertz CT molecular complexity index is 1200. The Kier molecular flexibility index (Phi) is 6.33. The van der Waals surface area contributed by atoms with Gasteiger partial charge in [0.1, 0.15) is 17.9 Å². The zero-order valence-corrected chi connectivity index (χ0v) is 17.1. The standard InChI is InChI=1S/C20H17F3N4O6/c1-10(28)26-8-13-14(9-26)27(7-11-2-4-12(5-3-11)20(21,22)23)19(32)16(17(13)30)18(31)24-6-15(29)25-33/h2-5,30H,6-9H2,1H3,(H,24,31). The van der Waals surface area contributed by atoms with Crippen molar-refractivity contribution >= 4 is 17.7 Å². The number of hydrogen-bond acceptors (Lipinski definition) is 6. The number of alkyl halides is 3. The number of benzene rings is 1. The molecular formula is C20H17F3N4O6. The van der Waals surface area contributed by atoms with Crippen molar-refractivity contribution in [1.29, 1.82) is 0 Å². The van der Waals surface area contributed by atoms with Crippen molar-refractivity contribution in [3.63, 3.8) is 0 Å². The number of carbonyl (C=O) groups excluding carboxylic acids is 3. The lowest BCUT2D eigenvalue weighted by molar-refractivity contribution is -0.137. The van der Waals surface area contributed by atoms with Crippen molar-refractivity contribution in [3.8, 4) is 5.75 Å². The van der Waals surface area contributed by atoms with Gasteiger partial charge in [0.2, 0.25) is 5.91 Å². The fourth-order valence-corrected chi connectivity index (χ4v) is 3.44. The van der Waals surface area contributed by atoms with Crippen LogP contribution in [-0.2, 0) is 35.4 Å². The molecule has 2 aromatic rings. The summed E-state index contributed by atoms with van der Waals surface area (Å²) in [5.74, 6) is -3.42. The number of aromatic nitrogens is 1. The first-order valence-corrected chi connectivity index (χ1v) is 9.47. The van der Waals surface area contributed by atoms with Crippen molar-refractivity contribution in [2.45, 2.75) is 32.7 Å². The molecule has 33 heavy (non-hydrogen) atoms. The molecule has 3 rings (SSSR count). The van der Waals surface area contributed by atoms with Crippen molar-refractivity contribution in [2.24, 2.45) is 5.18 Å². The van der Waals surface area contributed by atoms with E-state index in [0.717, 1.165) is 16.7 Å². The molecule has 0 saturated carbocycles. The maximum Gasteiger partial charge on any atom is 0.416 e. The molecule has 0 bridgehead atoms. The number of amides is 3. The van der Waals surface area contributed by atoms with E-state index in [1.54, 1.807) is 0 Å². The summed E-state index contributed by atoms with van der Waals surface area (Å²) in [4.78, 5) is 60.0. The van der Waals surface area contributed by atoms with Crippen LogP contribution < -0.4 is 10.9 Å². The SMILES string of the molecule is CC(=O)N1Cc2c(O)c(C(=O)NCC(=O)N=O)c(=O)n(Cc3ccc(C(F)(F)F)cc3)c2C1. The lowest BCUT2D eigenvalue weighted by atomic mass is 10.1. The summed E-state index contributed by atoms with van der Waals surface area (Å²) < 4.78 is 39.6. The third kappa shape index (κ3) is 4.76. The van der Waals surface area contributed by atoms with Gasteiger partial charge in [0.15, 0.2) is 0 Å². The second kappa shape index (κ2) is 8.84. The van der Waals surface area contributed by atoms with E-state index in [1.807, 2.05) is 5.32 Å². The zero-order chi connectivity index (χ0) is 24.5. The first kappa shape index (κ1) is 23.6. The second-order valence-corrected chi connectivity index (χ2v) is 7.28. The highest BCUT2D eigenvalue weighted by molar-refractivity contribution is 5.99. The number of nitrogens with zero attached hydrogens (tertiary/aromatic N) is 3. The van der Waals surface area contributed by atoms with E-state index < -0.39 is 47.0 Å². The molecule has 0 atom stereocenters. The molecule has 0 fully saturated rings. The van der Waals surface area contributed by atoms with Crippen LogP contribution in [0.25, 0.3) is 0 Å². The zero-order valence-electron chi connectivity index (χ0n) is 17.1. The molecular weight excluding hydrogens is 449 g/mol. The molecule has 1 aliphatic rings. The van der Waals surface area contributed by atoms with E-state index in [-0.39, 0.29) is 36.8 Å². The summed E-state index contributed by atoms with van der Waals surface area (Å²) in [7, 11) is 0. The van der Waals surface area contributed by atoms with E-state index in [9.17, 15) is 42.4 Å². The highest BCUT2D eigenvalue weighted by Crippen LogP contribution is 2.32. The minimum Gasteiger partial charge on any atom is -0.506 e. The molecule has 2 heterocycles. The Balaban J connectivity index is 2.07. The van der Waals surface area contributed by atoms with Crippen LogP contribution in [0, 0.1) is 4.91 Å². The van der Waals surface area contributed by atoms with Crippen LogP contribution in [0.3, 0.4) is 0 Å². The molecule has 2 N–H and O–H groups in total. The number of pyridine rings is 1. The topological polar surface area (TPSA) is 138 Å². The average molecular weight is 466 g/mol. The normalized spacial score (nSPS) is 12.9. The summed E-state index contributed by atoms with van der Waals surface area (Å²) in [6.45, 7) is 0.0343. The minimum atomic E-state index is -4.55. The monoisotopic (exact) mass is 466 g/mol. The number of hydrogen-bond donors (Lipinski definition) is 2. The van der Waals surface area contributed by atoms with E-state index in [1.165, 1.54) is 24.0 Å². The number of carbonyl (C=O) groups is 3. The Labute approximate surface area is 183 Å². The molecule has 3 amide bonds. The van der Waals surface area contributed by atoms with Gasteiger partial charge in [-0.1, -0.05) is 12.1 Å². The lowest BCUT2D eigenvalue weighted by Gasteiger charge is -2.16. The Morgan fingerprint density at radius 3 is 2.33 bits per heavy atom. The Hall–Kier alpha value is -4.03. The highest BCUT2D eigenvalue weighted by atomic mass is 19.4. The Morgan fingerprint density at radius 1 is 1.15 bits per heavy atom. The van der Waals surface area contributed by atoms with Gasteiger partial charge in [-0.15, -0.1) is 4.91 Å². The van der Waals surface area contributed by atoms with E-state index in [4.69, 9.17) is 0 Å². The van der Waals surface area contributed by atoms with Crippen LogP contribution in [0.5, 0.6) is 5.75 Å². The fourth-order valence-electron chi connectivity index (χ4n) is 3.44. The van der Waals surface area contributed by atoms with Crippen LogP contribution in [-0.4, -0.2) is 38.8 Å². The van der Waals surface area contributed by atoms with Gasteiger partial charge < -0.3 is 19.9 Å². The Morgan fingerprint density at radius 2 is 1.79 bits per heavy atom. The number of fused-ring (bicyclic) bond motifs is 1. The molecule has 10 nitrogen and oxygen atoms in total. The van der Waals surface area contributed by atoms with Crippen LogP contribution in [0.15, 0.2) is 34.2 Å². The maximum atomic E-state index is 13.1. The molecule has 0 unspecified atom stereocenters. The first-order chi connectivity index (χ1) is 15.4. The molecule has 0 saturated heterocycles. The largest absolute Gasteiger partial charge is 0.506 e. The predicted molar refractivity (Wildman–Crippen MR) is 106 cm³/mol. The van der Waals surface area contributed by atoms with Crippen LogP contribution in [0.2, 0.25) is 0 Å². The third-order valence-electron chi connectivity index (χ3n) is 5.14. The van der Waals surface area contributed by atoms with Gasteiger partial charge in [-0.05, 0) is 17.7 Å². The van der Waals surface area contributed by atoms with Crippen molar-refractivity contribution in [2.75, 3.05) is 6.54 Å². The quantitative estimate of drug-likeness (QED) is 0.641. The maximum absolute atomic E-state index is 13.1. The number of nitrogens with one attached hydrogen (secondary N) is 1. The summed E-state index contributed by atoms with van der Waals surface area (Å²) in [6, 6.07) is 4.02. The van der Waals surface area contributed by atoms with Gasteiger partial charge >= 0.3 is 12.1 Å². The first-order valence-electron chi connectivity index (χ1n) is 9.47. The smallest absolute Gasteiger partial charge is 0.416 e. The average Bonchev–Trinajstić information content (AvgIpc) is 3.21.